The zero-order valence-corrected chi connectivity index (χ0v) is 13.4. The molecule has 2 aromatic carbocycles. The van der Waals surface area contributed by atoms with Crippen LogP contribution in [0.4, 0.5) is 10.1 Å². The number of rotatable bonds is 8. The maximum atomic E-state index is 13.6. The molecule has 0 heterocycles. The van der Waals surface area contributed by atoms with E-state index in [9.17, 15) is 9.50 Å². The summed E-state index contributed by atoms with van der Waals surface area (Å²) in [5.41, 5.74) is 2.43. The Balaban J connectivity index is 2.15. The average Bonchev–Trinajstić information content (AvgIpc) is 2.57. The van der Waals surface area contributed by atoms with Gasteiger partial charge in [-0.1, -0.05) is 24.3 Å². The molecule has 0 aliphatic carbocycles. The second kappa shape index (κ2) is 8.50. The number of methoxy groups -OCH3 is 1. The molecule has 0 spiro atoms. The fourth-order valence-electron chi connectivity index (χ4n) is 2.25. The molecule has 2 aromatic rings. The van der Waals surface area contributed by atoms with E-state index in [2.05, 4.69) is 5.32 Å². The van der Waals surface area contributed by atoms with E-state index in [0.717, 1.165) is 11.1 Å². The van der Waals surface area contributed by atoms with Crippen molar-refractivity contribution in [3.63, 3.8) is 0 Å². The summed E-state index contributed by atoms with van der Waals surface area (Å²) in [5, 5.41) is 12.5. The van der Waals surface area contributed by atoms with Crippen LogP contribution < -0.4 is 10.1 Å². The lowest BCUT2D eigenvalue weighted by atomic mass is 10.1. The molecular weight excluding hydrogens is 297 g/mol. The smallest absolute Gasteiger partial charge is 0.142 e. The molecule has 0 aliphatic heterocycles. The summed E-state index contributed by atoms with van der Waals surface area (Å²) in [5.74, 6) is 0.247. The van der Waals surface area contributed by atoms with E-state index in [1.807, 2.05) is 31.2 Å². The lowest BCUT2D eigenvalue weighted by molar-refractivity contribution is 0.146. The van der Waals surface area contributed by atoms with Gasteiger partial charge in [-0.15, -0.1) is 0 Å². The topological polar surface area (TPSA) is 50.7 Å². The van der Waals surface area contributed by atoms with Gasteiger partial charge in [0, 0.05) is 19.2 Å². The van der Waals surface area contributed by atoms with Crippen LogP contribution in [0.2, 0.25) is 0 Å². The molecule has 2 N–H and O–H groups in total. The maximum absolute atomic E-state index is 13.6. The highest BCUT2D eigenvalue weighted by atomic mass is 19.1. The minimum atomic E-state index is -0.331. The average molecular weight is 319 g/mol. The van der Waals surface area contributed by atoms with E-state index in [1.54, 1.807) is 13.2 Å². The minimum Gasteiger partial charge on any atom is -0.489 e. The Labute approximate surface area is 135 Å². The molecule has 4 nitrogen and oxygen atoms in total. The number of halogens is 1. The van der Waals surface area contributed by atoms with Gasteiger partial charge in [0.25, 0.3) is 0 Å². The van der Waals surface area contributed by atoms with Crippen LogP contribution in [0.1, 0.15) is 24.1 Å². The van der Waals surface area contributed by atoms with Crippen LogP contribution in [-0.2, 0) is 11.3 Å². The molecule has 0 aromatic heterocycles. The Kier molecular flexibility index (Phi) is 6.38. The molecule has 124 valence electrons. The molecule has 1 atom stereocenters. The molecule has 5 heteroatoms. The Morgan fingerprint density at radius 2 is 2.00 bits per heavy atom. The fourth-order valence-corrected chi connectivity index (χ4v) is 2.25. The van der Waals surface area contributed by atoms with Gasteiger partial charge in [-0.3, -0.25) is 0 Å². The first kappa shape index (κ1) is 17.2. The van der Waals surface area contributed by atoms with Gasteiger partial charge in [0.2, 0.25) is 0 Å². The standard InChI is InChI=1S/C18H22FNO3/c1-13(15-5-3-4-14(10-15)12-21)20-17-11-16(19)6-7-18(17)23-9-8-22-2/h3-7,10-11,13,20-21H,8-9,12H2,1-2H3. The molecule has 0 amide bonds. The summed E-state index contributed by atoms with van der Waals surface area (Å²) < 4.78 is 24.1. The Bertz CT molecular complexity index is 633. The number of anilines is 1. The monoisotopic (exact) mass is 319 g/mol. The van der Waals surface area contributed by atoms with Crippen molar-refractivity contribution in [1.29, 1.82) is 0 Å². The summed E-state index contributed by atoms with van der Waals surface area (Å²) in [4.78, 5) is 0. The fraction of sp³-hybridized carbons (Fsp3) is 0.333. The Hall–Kier alpha value is -2.11. The van der Waals surface area contributed by atoms with Crippen LogP contribution in [0.5, 0.6) is 5.75 Å². The molecule has 2 rings (SSSR count). The van der Waals surface area contributed by atoms with Crippen LogP contribution in [0.3, 0.4) is 0 Å². The summed E-state index contributed by atoms with van der Waals surface area (Å²) in [6.07, 6.45) is 0. The lowest BCUT2D eigenvalue weighted by Gasteiger charge is -2.19. The van der Waals surface area contributed by atoms with Crippen LogP contribution in [-0.4, -0.2) is 25.4 Å². The first-order valence-corrected chi connectivity index (χ1v) is 7.51. The number of aliphatic hydroxyl groups excluding tert-OH is 1. The summed E-state index contributed by atoms with van der Waals surface area (Å²) in [6.45, 7) is 2.82. The van der Waals surface area contributed by atoms with E-state index in [-0.39, 0.29) is 18.5 Å². The Morgan fingerprint density at radius 1 is 1.17 bits per heavy atom. The highest BCUT2D eigenvalue weighted by Crippen LogP contribution is 2.29. The van der Waals surface area contributed by atoms with Crippen LogP contribution in [0, 0.1) is 5.82 Å². The van der Waals surface area contributed by atoms with Crippen molar-refractivity contribution in [2.45, 2.75) is 19.6 Å². The normalized spacial score (nSPS) is 12.0. The highest BCUT2D eigenvalue weighted by molar-refractivity contribution is 5.57. The number of ether oxygens (including phenoxy) is 2. The molecule has 0 fully saturated rings. The molecule has 0 radical (unpaired) electrons. The zero-order chi connectivity index (χ0) is 16.7. The van der Waals surface area contributed by atoms with Crippen molar-refractivity contribution in [2.24, 2.45) is 0 Å². The highest BCUT2D eigenvalue weighted by Gasteiger charge is 2.11. The van der Waals surface area contributed by atoms with Crippen LogP contribution in [0.15, 0.2) is 42.5 Å². The zero-order valence-electron chi connectivity index (χ0n) is 13.4. The third-order valence-electron chi connectivity index (χ3n) is 3.49. The molecule has 0 aliphatic rings. The van der Waals surface area contributed by atoms with Crippen molar-refractivity contribution >= 4 is 5.69 Å². The van der Waals surface area contributed by atoms with Crippen molar-refractivity contribution in [2.75, 3.05) is 25.6 Å². The predicted molar refractivity (Wildman–Crippen MR) is 88.2 cm³/mol. The van der Waals surface area contributed by atoms with Crippen LogP contribution in [0.25, 0.3) is 0 Å². The van der Waals surface area contributed by atoms with Crippen molar-refractivity contribution < 1.29 is 19.0 Å². The number of nitrogens with one attached hydrogen (secondary N) is 1. The molecule has 0 saturated heterocycles. The molecule has 1 unspecified atom stereocenters. The Morgan fingerprint density at radius 3 is 2.74 bits per heavy atom. The van der Waals surface area contributed by atoms with Crippen molar-refractivity contribution in [1.82, 2.24) is 0 Å². The van der Waals surface area contributed by atoms with E-state index >= 15 is 0 Å². The van der Waals surface area contributed by atoms with Gasteiger partial charge in [0.05, 0.1) is 18.9 Å². The van der Waals surface area contributed by atoms with Gasteiger partial charge in [-0.25, -0.2) is 4.39 Å². The first-order valence-electron chi connectivity index (χ1n) is 7.51. The quantitative estimate of drug-likeness (QED) is 0.731. The van der Waals surface area contributed by atoms with Gasteiger partial charge in [0.1, 0.15) is 18.2 Å². The number of benzene rings is 2. The maximum Gasteiger partial charge on any atom is 0.142 e. The minimum absolute atomic E-state index is 0.00803. The number of aliphatic hydroxyl groups is 1. The van der Waals surface area contributed by atoms with E-state index in [0.29, 0.717) is 24.7 Å². The second-order valence-corrected chi connectivity index (χ2v) is 5.25. The van der Waals surface area contributed by atoms with Gasteiger partial charge < -0.3 is 19.9 Å². The predicted octanol–water partition coefficient (Wildman–Crippen LogP) is 3.52. The molecule has 0 saturated carbocycles. The molecule has 0 bridgehead atoms. The van der Waals surface area contributed by atoms with E-state index in [4.69, 9.17) is 9.47 Å². The number of hydrogen-bond donors (Lipinski definition) is 2. The summed E-state index contributed by atoms with van der Waals surface area (Å²) in [6, 6.07) is 11.9. The SMILES string of the molecule is COCCOc1ccc(F)cc1NC(C)c1cccc(CO)c1. The van der Waals surface area contributed by atoms with E-state index in [1.165, 1.54) is 12.1 Å². The van der Waals surface area contributed by atoms with Crippen LogP contribution >= 0.6 is 0 Å². The number of hydrogen-bond acceptors (Lipinski definition) is 4. The van der Waals surface area contributed by atoms with E-state index < -0.39 is 0 Å². The lowest BCUT2D eigenvalue weighted by Crippen LogP contribution is -2.10. The van der Waals surface area contributed by atoms with Gasteiger partial charge in [-0.05, 0) is 30.2 Å². The summed E-state index contributed by atoms with van der Waals surface area (Å²) in [7, 11) is 1.60. The van der Waals surface area contributed by atoms with Crippen molar-refractivity contribution in [3.05, 3.63) is 59.4 Å². The van der Waals surface area contributed by atoms with Gasteiger partial charge in [0.15, 0.2) is 0 Å². The molecule has 23 heavy (non-hydrogen) atoms. The third-order valence-corrected chi connectivity index (χ3v) is 3.49. The third kappa shape index (κ3) is 4.94. The van der Waals surface area contributed by atoms with Gasteiger partial charge in [-0.2, -0.15) is 0 Å². The van der Waals surface area contributed by atoms with Gasteiger partial charge >= 0.3 is 0 Å². The summed E-state index contributed by atoms with van der Waals surface area (Å²) >= 11 is 0. The molecular formula is C18H22FNO3. The first-order chi connectivity index (χ1) is 11.1. The second-order valence-electron chi connectivity index (χ2n) is 5.25. The van der Waals surface area contributed by atoms with Crippen molar-refractivity contribution in [3.8, 4) is 5.75 Å². The largest absolute Gasteiger partial charge is 0.489 e.